The summed E-state index contributed by atoms with van der Waals surface area (Å²) in [5, 5.41) is 13.6. The van der Waals surface area contributed by atoms with Crippen LogP contribution in [0.2, 0.25) is 0 Å². The first-order valence-electron chi connectivity index (χ1n) is 8.93. The SMILES string of the molecule is CCOC(=O)CC(C[N+](=O)[O-])c1ccc(CCNC(=O)OC(C)(C)C)cc1. The number of nitro groups is 1. The van der Waals surface area contributed by atoms with E-state index in [4.69, 9.17) is 9.47 Å². The second-order valence-electron chi connectivity index (χ2n) is 7.14. The maximum absolute atomic E-state index is 11.7. The molecule has 1 atom stereocenters. The summed E-state index contributed by atoms with van der Waals surface area (Å²) in [6.45, 7) is 7.40. The number of alkyl carbamates (subject to hydrolysis) is 1. The molecule has 0 aliphatic carbocycles. The molecule has 1 amide bonds. The summed E-state index contributed by atoms with van der Waals surface area (Å²) in [7, 11) is 0. The molecular formula is C19H28N2O6. The Bertz CT molecular complexity index is 637. The molecule has 0 bridgehead atoms. The van der Waals surface area contributed by atoms with Gasteiger partial charge in [-0.1, -0.05) is 24.3 Å². The summed E-state index contributed by atoms with van der Waals surface area (Å²) in [5.41, 5.74) is 1.13. The number of esters is 1. The number of carbonyl (C=O) groups excluding carboxylic acids is 2. The zero-order valence-corrected chi connectivity index (χ0v) is 16.3. The van der Waals surface area contributed by atoms with Crippen LogP contribution in [0, 0.1) is 10.1 Å². The average Bonchev–Trinajstić information content (AvgIpc) is 2.53. The Hall–Kier alpha value is -2.64. The van der Waals surface area contributed by atoms with E-state index in [0.29, 0.717) is 18.5 Å². The minimum atomic E-state index is -0.545. The van der Waals surface area contributed by atoms with Gasteiger partial charge in [-0.25, -0.2) is 4.79 Å². The van der Waals surface area contributed by atoms with Crippen LogP contribution in [-0.4, -0.2) is 42.3 Å². The molecule has 1 unspecified atom stereocenters. The molecule has 1 aromatic carbocycles. The molecule has 0 aliphatic heterocycles. The highest BCUT2D eigenvalue weighted by atomic mass is 16.6. The number of nitrogens with zero attached hydrogens (tertiary/aromatic N) is 1. The Morgan fingerprint density at radius 2 is 1.85 bits per heavy atom. The first-order chi connectivity index (χ1) is 12.6. The lowest BCUT2D eigenvalue weighted by Gasteiger charge is -2.19. The molecule has 27 heavy (non-hydrogen) atoms. The van der Waals surface area contributed by atoms with Gasteiger partial charge in [0.25, 0.3) is 0 Å². The quantitative estimate of drug-likeness (QED) is 0.401. The van der Waals surface area contributed by atoms with Crippen LogP contribution in [-0.2, 0) is 20.7 Å². The van der Waals surface area contributed by atoms with Gasteiger partial charge < -0.3 is 14.8 Å². The third-order valence-electron chi connectivity index (χ3n) is 3.62. The third kappa shape index (κ3) is 9.58. The number of amides is 1. The maximum atomic E-state index is 11.7. The number of hydrogen-bond acceptors (Lipinski definition) is 6. The van der Waals surface area contributed by atoms with Gasteiger partial charge in [0.2, 0.25) is 6.54 Å². The van der Waals surface area contributed by atoms with Gasteiger partial charge >= 0.3 is 12.1 Å². The maximum Gasteiger partial charge on any atom is 0.407 e. The van der Waals surface area contributed by atoms with Crippen molar-refractivity contribution in [3.8, 4) is 0 Å². The molecule has 0 heterocycles. The third-order valence-corrected chi connectivity index (χ3v) is 3.62. The summed E-state index contributed by atoms with van der Waals surface area (Å²) in [6, 6.07) is 7.22. The fourth-order valence-electron chi connectivity index (χ4n) is 2.47. The predicted molar refractivity (Wildman–Crippen MR) is 100 cm³/mol. The highest BCUT2D eigenvalue weighted by Gasteiger charge is 2.22. The van der Waals surface area contributed by atoms with Gasteiger partial charge in [-0.3, -0.25) is 14.9 Å². The van der Waals surface area contributed by atoms with Crippen molar-refractivity contribution < 1.29 is 24.0 Å². The number of rotatable bonds is 9. The van der Waals surface area contributed by atoms with Crippen molar-refractivity contribution in [3.63, 3.8) is 0 Å². The van der Waals surface area contributed by atoms with E-state index >= 15 is 0 Å². The van der Waals surface area contributed by atoms with E-state index in [2.05, 4.69) is 5.32 Å². The molecule has 0 fully saturated rings. The summed E-state index contributed by atoms with van der Waals surface area (Å²) >= 11 is 0. The van der Waals surface area contributed by atoms with Gasteiger partial charge in [-0.15, -0.1) is 0 Å². The van der Waals surface area contributed by atoms with Gasteiger partial charge in [0, 0.05) is 11.5 Å². The fraction of sp³-hybridized carbons (Fsp3) is 0.579. The Morgan fingerprint density at radius 1 is 1.22 bits per heavy atom. The van der Waals surface area contributed by atoms with Crippen LogP contribution in [0.25, 0.3) is 0 Å². The van der Waals surface area contributed by atoms with Crippen LogP contribution in [0.3, 0.4) is 0 Å². The number of ether oxygens (including phenoxy) is 2. The molecular weight excluding hydrogens is 352 g/mol. The predicted octanol–water partition coefficient (Wildman–Crippen LogP) is 3.07. The molecule has 1 N–H and O–H groups in total. The van der Waals surface area contributed by atoms with Gasteiger partial charge in [0.15, 0.2) is 0 Å². The lowest BCUT2D eigenvalue weighted by molar-refractivity contribution is -0.483. The fourth-order valence-corrected chi connectivity index (χ4v) is 2.47. The second-order valence-corrected chi connectivity index (χ2v) is 7.14. The normalized spacial score (nSPS) is 12.1. The van der Waals surface area contributed by atoms with Crippen molar-refractivity contribution in [3.05, 3.63) is 45.5 Å². The molecule has 0 spiro atoms. The smallest absolute Gasteiger partial charge is 0.407 e. The number of nitrogens with one attached hydrogen (secondary N) is 1. The van der Waals surface area contributed by atoms with E-state index < -0.39 is 28.5 Å². The van der Waals surface area contributed by atoms with E-state index in [1.165, 1.54) is 0 Å². The van der Waals surface area contributed by atoms with Crippen LogP contribution in [0.5, 0.6) is 0 Å². The topological polar surface area (TPSA) is 108 Å². The summed E-state index contributed by atoms with van der Waals surface area (Å²) < 4.78 is 10.1. The molecule has 0 saturated carbocycles. The van der Waals surface area contributed by atoms with Crippen LogP contribution in [0.15, 0.2) is 24.3 Å². The van der Waals surface area contributed by atoms with Crippen LogP contribution >= 0.6 is 0 Å². The van der Waals surface area contributed by atoms with E-state index in [1.54, 1.807) is 39.8 Å². The van der Waals surface area contributed by atoms with Gasteiger partial charge in [-0.05, 0) is 45.2 Å². The highest BCUT2D eigenvalue weighted by molar-refractivity contribution is 5.70. The molecule has 1 aromatic rings. The zero-order valence-electron chi connectivity index (χ0n) is 16.3. The molecule has 8 nitrogen and oxygen atoms in total. The van der Waals surface area contributed by atoms with Crippen LogP contribution < -0.4 is 5.32 Å². The van der Waals surface area contributed by atoms with E-state index in [9.17, 15) is 19.7 Å². The molecule has 0 radical (unpaired) electrons. The van der Waals surface area contributed by atoms with Gasteiger partial charge in [0.05, 0.1) is 18.9 Å². The largest absolute Gasteiger partial charge is 0.466 e. The summed E-state index contributed by atoms with van der Waals surface area (Å²) in [6.07, 6.45) is 0.0886. The van der Waals surface area contributed by atoms with Crippen LogP contribution in [0.4, 0.5) is 4.79 Å². The minimum absolute atomic E-state index is 0.0334. The van der Waals surface area contributed by atoms with Crippen molar-refractivity contribution in [1.82, 2.24) is 5.32 Å². The van der Waals surface area contributed by atoms with Crippen LogP contribution in [0.1, 0.15) is 51.2 Å². The zero-order chi connectivity index (χ0) is 20.4. The highest BCUT2D eigenvalue weighted by Crippen LogP contribution is 2.21. The Kier molecular flexibility index (Phi) is 8.71. The summed E-state index contributed by atoms with van der Waals surface area (Å²) in [5.74, 6) is -0.983. The molecule has 0 aromatic heterocycles. The first-order valence-corrected chi connectivity index (χ1v) is 8.93. The number of benzene rings is 1. The van der Waals surface area contributed by atoms with Crippen molar-refractivity contribution in [2.45, 2.75) is 52.1 Å². The number of carbonyl (C=O) groups is 2. The van der Waals surface area contributed by atoms with E-state index in [-0.39, 0.29) is 19.6 Å². The van der Waals surface area contributed by atoms with E-state index in [0.717, 1.165) is 5.56 Å². The average molecular weight is 380 g/mol. The second kappa shape index (κ2) is 10.5. The monoisotopic (exact) mass is 380 g/mol. The Labute approximate surface area is 159 Å². The number of hydrogen-bond donors (Lipinski definition) is 1. The minimum Gasteiger partial charge on any atom is -0.466 e. The molecule has 0 aliphatic rings. The molecule has 1 rings (SSSR count). The van der Waals surface area contributed by atoms with Crippen molar-refractivity contribution >= 4 is 12.1 Å². The van der Waals surface area contributed by atoms with Gasteiger partial charge in [-0.2, -0.15) is 0 Å². The Balaban J connectivity index is 2.62. The standard InChI is InChI=1S/C19H28N2O6/c1-5-26-17(22)12-16(13-21(24)25)15-8-6-14(7-9-15)10-11-20-18(23)27-19(2,3)4/h6-9,16H,5,10-13H2,1-4H3,(H,20,23). The van der Waals surface area contributed by atoms with E-state index in [1.807, 2.05) is 12.1 Å². The summed E-state index contributed by atoms with van der Waals surface area (Å²) in [4.78, 5) is 33.8. The van der Waals surface area contributed by atoms with Crippen molar-refractivity contribution in [1.29, 1.82) is 0 Å². The molecule has 150 valence electrons. The first kappa shape index (κ1) is 22.4. The van der Waals surface area contributed by atoms with Crippen molar-refractivity contribution in [2.75, 3.05) is 19.7 Å². The molecule has 8 heteroatoms. The lowest BCUT2D eigenvalue weighted by Crippen LogP contribution is -2.33. The molecule has 0 saturated heterocycles. The van der Waals surface area contributed by atoms with Gasteiger partial charge in [0.1, 0.15) is 5.60 Å². The van der Waals surface area contributed by atoms with Crippen molar-refractivity contribution in [2.24, 2.45) is 0 Å². The Morgan fingerprint density at radius 3 is 2.37 bits per heavy atom. The lowest BCUT2D eigenvalue weighted by atomic mass is 9.94.